The number of nitriles is 1. The van der Waals surface area contributed by atoms with Gasteiger partial charge in [0.05, 0.1) is 15.1 Å². The minimum atomic E-state index is -0.321. The largest absolute Gasteiger partial charge is 0.355 e. The lowest BCUT2D eigenvalue weighted by Gasteiger charge is -2.08. The van der Waals surface area contributed by atoms with Crippen LogP contribution in [0, 0.1) is 17.1 Å². The van der Waals surface area contributed by atoms with Gasteiger partial charge < -0.3 is 5.32 Å². The highest BCUT2D eigenvalue weighted by molar-refractivity contribution is 9.10. The molecule has 2 rings (SSSR count). The summed E-state index contributed by atoms with van der Waals surface area (Å²) in [5.74, 6) is -0.321. The van der Waals surface area contributed by atoms with E-state index in [9.17, 15) is 4.39 Å². The maximum atomic E-state index is 13.1. The van der Waals surface area contributed by atoms with Crippen molar-refractivity contribution < 1.29 is 4.39 Å². The summed E-state index contributed by atoms with van der Waals surface area (Å²) in [6, 6.07) is 11.6. The molecular weight excluding hydrogens is 319 g/mol. The van der Waals surface area contributed by atoms with Crippen LogP contribution >= 0.6 is 27.5 Å². The Labute approximate surface area is 117 Å². The summed E-state index contributed by atoms with van der Waals surface area (Å²) in [5.41, 5.74) is 1.88. The zero-order valence-corrected chi connectivity index (χ0v) is 11.4. The fourth-order valence-corrected chi connectivity index (χ4v) is 2.03. The number of benzene rings is 2. The topological polar surface area (TPSA) is 35.8 Å². The Balaban J connectivity index is 2.26. The molecule has 90 valence electrons. The van der Waals surface area contributed by atoms with Gasteiger partial charge in [-0.15, -0.1) is 0 Å². The van der Waals surface area contributed by atoms with Gasteiger partial charge in [-0.3, -0.25) is 0 Å². The first-order valence-electron chi connectivity index (χ1n) is 5.02. The highest BCUT2D eigenvalue weighted by atomic mass is 79.9. The van der Waals surface area contributed by atoms with Crippen LogP contribution in [0.2, 0.25) is 5.02 Å². The van der Waals surface area contributed by atoms with Gasteiger partial charge in [-0.05, 0) is 52.3 Å². The van der Waals surface area contributed by atoms with Gasteiger partial charge in [0.2, 0.25) is 0 Å². The van der Waals surface area contributed by atoms with Crippen molar-refractivity contribution in [2.75, 3.05) is 5.32 Å². The van der Waals surface area contributed by atoms with Gasteiger partial charge in [-0.25, -0.2) is 4.39 Å². The van der Waals surface area contributed by atoms with Gasteiger partial charge in [0, 0.05) is 11.4 Å². The molecular formula is C13H7BrClFN2. The van der Waals surface area contributed by atoms with Gasteiger partial charge in [-0.2, -0.15) is 5.26 Å². The Kier molecular flexibility index (Phi) is 3.85. The van der Waals surface area contributed by atoms with E-state index in [1.54, 1.807) is 30.3 Å². The third-order valence-electron chi connectivity index (χ3n) is 2.30. The zero-order chi connectivity index (χ0) is 13.1. The Morgan fingerprint density at radius 3 is 2.44 bits per heavy atom. The van der Waals surface area contributed by atoms with Crippen molar-refractivity contribution in [2.45, 2.75) is 0 Å². The normalized spacial score (nSPS) is 9.89. The molecule has 0 unspecified atom stereocenters. The predicted molar refractivity (Wildman–Crippen MR) is 73.5 cm³/mol. The van der Waals surface area contributed by atoms with Crippen molar-refractivity contribution in [3.05, 3.63) is 57.3 Å². The molecule has 5 heteroatoms. The SMILES string of the molecule is N#Cc1ccc(Nc2ccc(F)c(Br)c2)cc1Cl. The van der Waals surface area contributed by atoms with Crippen molar-refractivity contribution in [3.8, 4) is 6.07 Å². The second kappa shape index (κ2) is 5.38. The van der Waals surface area contributed by atoms with Crippen molar-refractivity contribution >= 4 is 38.9 Å². The summed E-state index contributed by atoms with van der Waals surface area (Å²) in [5, 5.41) is 12.2. The Morgan fingerprint density at radius 1 is 1.17 bits per heavy atom. The minimum Gasteiger partial charge on any atom is -0.355 e. The molecule has 0 heterocycles. The quantitative estimate of drug-likeness (QED) is 0.856. The number of nitrogens with zero attached hydrogens (tertiary/aromatic N) is 1. The molecule has 0 radical (unpaired) electrons. The van der Waals surface area contributed by atoms with Crippen molar-refractivity contribution in [1.82, 2.24) is 0 Å². The van der Waals surface area contributed by atoms with E-state index in [4.69, 9.17) is 16.9 Å². The van der Waals surface area contributed by atoms with Crippen LogP contribution in [-0.4, -0.2) is 0 Å². The highest BCUT2D eigenvalue weighted by Crippen LogP contribution is 2.26. The molecule has 2 aromatic carbocycles. The summed E-state index contributed by atoms with van der Waals surface area (Å²) >= 11 is 9.03. The van der Waals surface area contributed by atoms with E-state index in [0.717, 1.165) is 11.4 Å². The van der Waals surface area contributed by atoms with Crippen LogP contribution in [0.3, 0.4) is 0 Å². The van der Waals surface area contributed by atoms with E-state index in [1.807, 2.05) is 6.07 Å². The summed E-state index contributed by atoms with van der Waals surface area (Å²) in [7, 11) is 0. The average molecular weight is 326 g/mol. The van der Waals surface area contributed by atoms with Gasteiger partial charge >= 0.3 is 0 Å². The summed E-state index contributed by atoms with van der Waals surface area (Å²) in [4.78, 5) is 0. The fourth-order valence-electron chi connectivity index (χ4n) is 1.42. The number of anilines is 2. The molecule has 0 aliphatic rings. The number of halogens is 3. The fraction of sp³-hybridized carbons (Fsp3) is 0. The monoisotopic (exact) mass is 324 g/mol. The summed E-state index contributed by atoms with van der Waals surface area (Å²) in [6.45, 7) is 0. The first-order valence-corrected chi connectivity index (χ1v) is 6.19. The van der Waals surface area contributed by atoms with Crippen LogP contribution in [0.5, 0.6) is 0 Å². The summed E-state index contributed by atoms with van der Waals surface area (Å²) < 4.78 is 13.5. The maximum absolute atomic E-state index is 13.1. The third kappa shape index (κ3) is 2.81. The molecule has 18 heavy (non-hydrogen) atoms. The van der Waals surface area contributed by atoms with E-state index in [2.05, 4.69) is 21.2 Å². The average Bonchev–Trinajstić information content (AvgIpc) is 2.34. The second-order valence-electron chi connectivity index (χ2n) is 3.56. The lowest BCUT2D eigenvalue weighted by atomic mass is 10.2. The standard InChI is InChI=1S/C13H7BrClFN2/c14-11-5-9(3-4-13(11)16)18-10-2-1-8(7-17)12(15)6-10/h1-6,18H. The van der Waals surface area contributed by atoms with Crippen molar-refractivity contribution in [2.24, 2.45) is 0 Å². The molecule has 2 nitrogen and oxygen atoms in total. The third-order valence-corrected chi connectivity index (χ3v) is 3.22. The maximum Gasteiger partial charge on any atom is 0.137 e. The second-order valence-corrected chi connectivity index (χ2v) is 4.82. The van der Waals surface area contributed by atoms with Crippen molar-refractivity contribution in [1.29, 1.82) is 5.26 Å². The molecule has 0 aliphatic carbocycles. The first-order chi connectivity index (χ1) is 8.60. The molecule has 0 saturated carbocycles. The Hall–Kier alpha value is -1.57. The Morgan fingerprint density at radius 2 is 1.83 bits per heavy atom. The van der Waals surface area contributed by atoms with Gasteiger partial charge in [0.1, 0.15) is 11.9 Å². The van der Waals surface area contributed by atoms with Gasteiger partial charge in [0.25, 0.3) is 0 Å². The lowest BCUT2D eigenvalue weighted by molar-refractivity contribution is 0.621. The number of hydrogen-bond acceptors (Lipinski definition) is 2. The van der Waals surface area contributed by atoms with Crippen LogP contribution in [0.25, 0.3) is 0 Å². The van der Waals surface area contributed by atoms with Crippen LogP contribution in [0.1, 0.15) is 5.56 Å². The number of nitrogens with one attached hydrogen (secondary N) is 1. The Bertz CT molecular complexity index is 637. The van der Waals surface area contributed by atoms with Crippen LogP contribution < -0.4 is 5.32 Å². The zero-order valence-electron chi connectivity index (χ0n) is 9.05. The molecule has 1 N–H and O–H groups in total. The van der Waals surface area contributed by atoms with E-state index < -0.39 is 0 Å². The number of hydrogen-bond donors (Lipinski definition) is 1. The molecule has 0 atom stereocenters. The minimum absolute atomic E-state index is 0.321. The van der Waals surface area contributed by atoms with Gasteiger partial charge in [0.15, 0.2) is 0 Å². The van der Waals surface area contributed by atoms with Crippen molar-refractivity contribution in [3.63, 3.8) is 0 Å². The first kappa shape index (κ1) is 12.9. The van der Waals surface area contributed by atoms with E-state index >= 15 is 0 Å². The molecule has 0 saturated heterocycles. The summed E-state index contributed by atoms with van der Waals surface area (Å²) in [6.07, 6.45) is 0. The number of rotatable bonds is 2. The smallest absolute Gasteiger partial charge is 0.137 e. The lowest BCUT2D eigenvalue weighted by Crippen LogP contribution is -1.91. The van der Waals surface area contributed by atoms with Crippen LogP contribution in [-0.2, 0) is 0 Å². The molecule has 0 fully saturated rings. The highest BCUT2D eigenvalue weighted by Gasteiger charge is 2.03. The molecule has 0 amide bonds. The molecule has 0 spiro atoms. The van der Waals surface area contributed by atoms with Gasteiger partial charge in [-0.1, -0.05) is 11.6 Å². The van der Waals surface area contributed by atoms with E-state index in [-0.39, 0.29) is 5.82 Å². The predicted octanol–water partition coefficient (Wildman–Crippen LogP) is 4.86. The van der Waals surface area contributed by atoms with E-state index in [0.29, 0.717) is 15.1 Å². The molecule has 0 aliphatic heterocycles. The molecule has 2 aromatic rings. The van der Waals surface area contributed by atoms with E-state index in [1.165, 1.54) is 6.07 Å². The molecule has 0 aromatic heterocycles. The van der Waals surface area contributed by atoms with Crippen LogP contribution in [0.4, 0.5) is 15.8 Å². The molecule has 0 bridgehead atoms. The van der Waals surface area contributed by atoms with Crippen LogP contribution in [0.15, 0.2) is 40.9 Å².